The fourth-order valence-corrected chi connectivity index (χ4v) is 5.04. The van der Waals surface area contributed by atoms with Crippen molar-refractivity contribution < 1.29 is 22.3 Å². The molecule has 0 radical (unpaired) electrons. The van der Waals surface area contributed by atoms with Gasteiger partial charge in [-0.15, -0.1) is 0 Å². The summed E-state index contributed by atoms with van der Waals surface area (Å²) in [5, 5.41) is 6.96. The molecule has 0 atom stereocenters. The van der Waals surface area contributed by atoms with Crippen LogP contribution in [0.3, 0.4) is 0 Å². The molecule has 1 N–H and O–H groups in total. The van der Waals surface area contributed by atoms with Crippen molar-refractivity contribution in [3.63, 3.8) is 0 Å². The molecule has 158 valence electrons. The monoisotopic (exact) mass is 424 g/mol. The molecule has 10 heteroatoms. The average molecular weight is 424 g/mol. The molecule has 1 saturated heterocycles. The van der Waals surface area contributed by atoms with Crippen molar-refractivity contribution in [1.29, 1.82) is 0 Å². The molecule has 2 aromatic rings. The first-order valence-corrected chi connectivity index (χ1v) is 10.8. The molecule has 3 rings (SSSR count). The average Bonchev–Trinajstić information content (AvgIpc) is 2.97. The summed E-state index contributed by atoms with van der Waals surface area (Å²) in [6, 6.07) is 4.78. The molecule has 1 aromatic carbocycles. The number of halogens is 1. The van der Waals surface area contributed by atoms with Gasteiger partial charge in [0.1, 0.15) is 17.3 Å². The Morgan fingerprint density at radius 2 is 1.93 bits per heavy atom. The first-order valence-electron chi connectivity index (χ1n) is 9.34. The van der Waals surface area contributed by atoms with Crippen LogP contribution in [0.2, 0.25) is 0 Å². The first kappa shape index (κ1) is 21.4. The van der Waals surface area contributed by atoms with E-state index in [0.717, 1.165) is 0 Å². The molecule has 0 unspecified atom stereocenters. The van der Waals surface area contributed by atoms with E-state index in [2.05, 4.69) is 10.4 Å². The molecule has 1 aliphatic rings. The number of rotatable bonds is 6. The number of aromatic nitrogens is 2. The standard InChI is InChI=1S/C19H25FN4O4S/c1-13-4-5-16(10-17(13)20)11-21-18(25)12-24-15(3)19(14(2)22-24)29(26,27)23-6-8-28-9-7-23/h4-5,10H,6-9,11-12H2,1-3H3,(H,21,25). The molecule has 0 aliphatic carbocycles. The van der Waals surface area contributed by atoms with Gasteiger partial charge < -0.3 is 10.1 Å². The van der Waals surface area contributed by atoms with Crippen LogP contribution in [0.15, 0.2) is 23.1 Å². The zero-order valence-corrected chi connectivity index (χ0v) is 17.6. The Bertz CT molecular complexity index is 1010. The van der Waals surface area contributed by atoms with E-state index in [1.807, 2.05) is 0 Å². The van der Waals surface area contributed by atoms with Crippen molar-refractivity contribution in [3.05, 3.63) is 46.5 Å². The zero-order valence-electron chi connectivity index (χ0n) is 16.7. The van der Waals surface area contributed by atoms with Crippen LogP contribution < -0.4 is 5.32 Å². The fraction of sp³-hybridized carbons (Fsp3) is 0.474. The lowest BCUT2D eigenvalue weighted by molar-refractivity contribution is -0.122. The molecular weight excluding hydrogens is 399 g/mol. The summed E-state index contributed by atoms with van der Waals surface area (Å²) < 4.78 is 47.6. The number of hydrogen-bond donors (Lipinski definition) is 1. The number of aryl methyl sites for hydroxylation is 2. The molecule has 2 heterocycles. The van der Waals surface area contributed by atoms with Crippen LogP contribution in [0.5, 0.6) is 0 Å². The van der Waals surface area contributed by atoms with Crippen LogP contribution >= 0.6 is 0 Å². The minimum absolute atomic E-state index is 0.125. The fourth-order valence-electron chi connectivity index (χ4n) is 3.26. The van der Waals surface area contributed by atoms with Crippen molar-refractivity contribution in [2.75, 3.05) is 26.3 Å². The largest absolute Gasteiger partial charge is 0.379 e. The van der Waals surface area contributed by atoms with Crippen molar-refractivity contribution in [1.82, 2.24) is 19.4 Å². The van der Waals surface area contributed by atoms with Gasteiger partial charge in [-0.2, -0.15) is 9.40 Å². The lowest BCUT2D eigenvalue weighted by Gasteiger charge is -2.26. The minimum atomic E-state index is -3.71. The Morgan fingerprint density at radius 1 is 1.24 bits per heavy atom. The quantitative estimate of drug-likeness (QED) is 0.754. The number of nitrogens with zero attached hydrogens (tertiary/aromatic N) is 3. The second-order valence-electron chi connectivity index (χ2n) is 7.03. The first-order chi connectivity index (χ1) is 13.7. The number of morpholine rings is 1. The molecule has 0 spiro atoms. The number of nitrogens with one attached hydrogen (secondary N) is 1. The lowest BCUT2D eigenvalue weighted by Crippen LogP contribution is -2.41. The van der Waals surface area contributed by atoms with Gasteiger partial charge in [-0.25, -0.2) is 12.8 Å². The Morgan fingerprint density at radius 3 is 2.59 bits per heavy atom. The maximum absolute atomic E-state index is 13.6. The number of carbonyl (C=O) groups is 1. The summed E-state index contributed by atoms with van der Waals surface area (Å²) in [5.74, 6) is -0.667. The number of amides is 1. The highest BCUT2D eigenvalue weighted by molar-refractivity contribution is 7.89. The smallest absolute Gasteiger partial charge is 0.246 e. The number of carbonyl (C=O) groups excluding carboxylic acids is 1. The Hall–Kier alpha value is -2.30. The summed E-state index contributed by atoms with van der Waals surface area (Å²) >= 11 is 0. The number of ether oxygens (including phenoxy) is 1. The number of hydrogen-bond acceptors (Lipinski definition) is 5. The zero-order chi connectivity index (χ0) is 21.2. The summed E-state index contributed by atoms with van der Waals surface area (Å²) in [7, 11) is -3.71. The third-order valence-electron chi connectivity index (χ3n) is 4.90. The Kier molecular flexibility index (Phi) is 6.35. The molecular formula is C19H25FN4O4S. The third-order valence-corrected chi connectivity index (χ3v) is 7.05. The van der Waals surface area contributed by atoms with Crippen molar-refractivity contribution >= 4 is 15.9 Å². The molecule has 1 fully saturated rings. The van der Waals surface area contributed by atoms with Gasteiger partial charge in [0.25, 0.3) is 0 Å². The summed E-state index contributed by atoms with van der Waals surface area (Å²) in [6.07, 6.45) is 0. The lowest BCUT2D eigenvalue weighted by atomic mass is 10.1. The number of benzene rings is 1. The Labute approximate surface area is 169 Å². The van der Waals surface area contributed by atoms with Gasteiger partial charge >= 0.3 is 0 Å². The topological polar surface area (TPSA) is 93.5 Å². The van der Waals surface area contributed by atoms with E-state index >= 15 is 0 Å². The van der Waals surface area contributed by atoms with Gasteiger partial charge in [-0.1, -0.05) is 12.1 Å². The maximum Gasteiger partial charge on any atom is 0.246 e. The van der Waals surface area contributed by atoms with Crippen LogP contribution in [-0.4, -0.2) is 54.7 Å². The van der Waals surface area contributed by atoms with Crippen LogP contribution in [0, 0.1) is 26.6 Å². The van der Waals surface area contributed by atoms with E-state index < -0.39 is 10.0 Å². The normalized spacial score (nSPS) is 15.4. The van der Waals surface area contributed by atoms with E-state index in [1.54, 1.807) is 32.9 Å². The molecule has 29 heavy (non-hydrogen) atoms. The van der Waals surface area contributed by atoms with E-state index in [4.69, 9.17) is 4.74 Å². The Balaban J connectivity index is 1.70. The highest BCUT2D eigenvalue weighted by Crippen LogP contribution is 2.24. The molecule has 8 nitrogen and oxygen atoms in total. The second-order valence-corrected chi connectivity index (χ2v) is 8.91. The van der Waals surface area contributed by atoms with Crippen molar-refractivity contribution in [2.45, 2.75) is 38.8 Å². The van der Waals surface area contributed by atoms with E-state index in [9.17, 15) is 17.6 Å². The van der Waals surface area contributed by atoms with Crippen LogP contribution in [0.1, 0.15) is 22.5 Å². The molecule has 0 bridgehead atoms. The van der Waals surface area contributed by atoms with Gasteiger partial charge in [0.2, 0.25) is 15.9 Å². The van der Waals surface area contributed by atoms with Crippen LogP contribution in [0.25, 0.3) is 0 Å². The highest BCUT2D eigenvalue weighted by atomic mass is 32.2. The molecule has 0 saturated carbocycles. The van der Waals surface area contributed by atoms with Crippen LogP contribution in [0.4, 0.5) is 4.39 Å². The third kappa shape index (κ3) is 4.65. The minimum Gasteiger partial charge on any atom is -0.379 e. The summed E-state index contributed by atoms with van der Waals surface area (Å²) in [4.78, 5) is 12.5. The van der Waals surface area contributed by atoms with E-state index in [1.165, 1.54) is 15.1 Å². The molecule has 1 aromatic heterocycles. The number of sulfonamides is 1. The van der Waals surface area contributed by atoms with E-state index in [0.29, 0.717) is 48.8 Å². The van der Waals surface area contributed by atoms with Gasteiger partial charge in [-0.3, -0.25) is 9.48 Å². The molecule has 1 aliphatic heterocycles. The van der Waals surface area contributed by atoms with Crippen LogP contribution in [-0.2, 0) is 32.6 Å². The second kappa shape index (κ2) is 8.60. The summed E-state index contributed by atoms with van der Waals surface area (Å²) in [5.41, 5.74) is 1.94. The molecule has 1 amide bonds. The van der Waals surface area contributed by atoms with Crippen molar-refractivity contribution in [2.24, 2.45) is 0 Å². The summed E-state index contributed by atoms with van der Waals surface area (Å²) in [6.45, 7) is 6.26. The van der Waals surface area contributed by atoms with Crippen molar-refractivity contribution in [3.8, 4) is 0 Å². The predicted molar refractivity (Wildman–Crippen MR) is 104 cm³/mol. The van der Waals surface area contributed by atoms with Gasteiger partial charge in [0.15, 0.2) is 0 Å². The maximum atomic E-state index is 13.6. The van der Waals surface area contributed by atoms with E-state index in [-0.39, 0.29) is 29.7 Å². The van der Waals surface area contributed by atoms with Gasteiger partial charge in [0, 0.05) is 19.6 Å². The van der Waals surface area contributed by atoms with Gasteiger partial charge in [-0.05, 0) is 38.0 Å². The predicted octanol–water partition coefficient (Wildman–Crippen LogP) is 1.28. The SMILES string of the molecule is Cc1ccc(CNC(=O)Cn2nc(C)c(S(=O)(=O)N3CCOCC3)c2C)cc1F. The van der Waals surface area contributed by atoms with Gasteiger partial charge in [0.05, 0.1) is 24.6 Å². The highest BCUT2D eigenvalue weighted by Gasteiger charge is 2.32.